The van der Waals surface area contributed by atoms with Crippen molar-refractivity contribution in [3.63, 3.8) is 0 Å². The molecule has 0 spiro atoms. The highest BCUT2D eigenvalue weighted by Gasteiger charge is 2.17. The first-order chi connectivity index (χ1) is 7.24. The van der Waals surface area contributed by atoms with Crippen LogP contribution in [0.25, 0.3) is 0 Å². The Hall–Kier alpha value is -1.22. The molecular formula is C12H19N3. The lowest BCUT2D eigenvalue weighted by Crippen LogP contribution is -2.32. The molecule has 1 aromatic carbocycles. The van der Waals surface area contributed by atoms with Crippen molar-refractivity contribution in [2.75, 3.05) is 11.1 Å². The smallest absolute Gasteiger partial charge is 0.0343 e. The molecule has 2 rings (SSSR count). The van der Waals surface area contributed by atoms with Crippen LogP contribution in [-0.4, -0.2) is 12.1 Å². The van der Waals surface area contributed by atoms with Crippen LogP contribution < -0.4 is 16.8 Å². The van der Waals surface area contributed by atoms with Crippen LogP contribution in [-0.2, 0) is 0 Å². The van der Waals surface area contributed by atoms with E-state index < -0.39 is 0 Å². The van der Waals surface area contributed by atoms with Crippen LogP contribution in [0.2, 0.25) is 0 Å². The molecule has 82 valence electrons. The number of anilines is 2. The van der Waals surface area contributed by atoms with Crippen molar-refractivity contribution in [1.29, 1.82) is 0 Å². The van der Waals surface area contributed by atoms with Crippen LogP contribution in [0.4, 0.5) is 11.4 Å². The lowest BCUT2D eigenvalue weighted by Gasteiger charge is -2.27. The molecule has 5 N–H and O–H groups in total. The second-order valence-electron chi connectivity index (χ2n) is 4.38. The van der Waals surface area contributed by atoms with Crippen LogP contribution in [0.15, 0.2) is 24.3 Å². The third kappa shape index (κ3) is 2.86. The molecule has 0 atom stereocenters. The Morgan fingerprint density at radius 3 is 2.20 bits per heavy atom. The predicted octanol–water partition coefficient (Wildman–Crippen LogP) is 1.95. The van der Waals surface area contributed by atoms with E-state index in [0.717, 1.165) is 24.2 Å². The minimum atomic E-state index is 0.412. The predicted molar refractivity (Wildman–Crippen MR) is 64.7 cm³/mol. The van der Waals surface area contributed by atoms with Crippen LogP contribution in [0, 0.1) is 0 Å². The monoisotopic (exact) mass is 205 g/mol. The van der Waals surface area contributed by atoms with Gasteiger partial charge < -0.3 is 16.8 Å². The third-order valence-electron chi connectivity index (χ3n) is 3.05. The largest absolute Gasteiger partial charge is 0.399 e. The standard InChI is InChI=1S/C12H19N3/c13-9-1-5-11(6-2-9)15-12-7-3-10(14)4-8-12/h1-2,5-6,10,12,15H,3-4,7-8,13-14H2. The van der Waals surface area contributed by atoms with E-state index >= 15 is 0 Å². The number of nitrogen functional groups attached to an aromatic ring is 1. The number of rotatable bonds is 2. The van der Waals surface area contributed by atoms with Crippen molar-refractivity contribution < 1.29 is 0 Å². The van der Waals surface area contributed by atoms with Gasteiger partial charge in [-0.2, -0.15) is 0 Å². The summed E-state index contributed by atoms with van der Waals surface area (Å²) < 4.78 is 0. The number of hydrogen-bond acceptors (Lipinski definition) is 3. The van der Waals surface area contributed by atoms with Crippen LogP contribution in [0.3, 0.4) is 0 Å². The van der Waals surface area contributed by atoms with Gasteiger partial charge in [-0.3, -0.25) is 0 Å². The van der Waals surface area contributed by atoms with E-state index in [1.165, 1.54) is 12.8 Å². The van der Waals surface area contributed by atoms with E-state index in [2.05, 4.69) is 5.32 Å². The fraction of sp³-hybridized carbons (Fsp3) is 0.500. The van der Waals surface area contributed by atoms with Crippen molar-refractivity contribution >= 4 is 11.4 Å². The van der Waals surface area contributed by atoms with Gasteiger partial charge in [-0.15, -0.1) is 0 Å². The Morgan fingerprint density at radius 1 is 1.00 bits per heavy atom. The number of nitrogens with one attached hydrogen (secondary N) is 1. The van der Waals surface area contributed by atoms with Gasteiger partial charge in [0.15, 0.2) is 0 Å². The maximum Gasteiger partial charge on any atom is 0.0343 e. The topological polar surface area (TPSA) is 64.1 Å². The number of hydrogen-bond donors (Lipinski definition) is 3. The van der Waals surface area contributed by atoms with E-state index in [0.29, 0.717) is 12.1 Å². The Labute approximate surface area is 90.8 Å². The van der Waals surface area contributed by atoms with E-state index in [4.69, 9.17) is 11.5 Å². The van der Waals surface area contributed by atoms with Crippen molar-refractivity contribution in [2.45, 2.75) is 37.8 Å². The third-order valence-corrected chi connectivity index (χ3v) is 3.05. The summed E-state index contributed by atoms with van der Waals surface area (Å²) in [4.78, 5) is 0. The van der Waals surface area contributed by atoms with E-state index in [1.807, 2.05) is 24.3 Å². The van der Waals surface area contributed by atoms with Crippen LogP contribution in [0.5, 0.6) is 0 Å². The molecule has 1 saturated carbocycles. The van der Waals surface area contributed by atoms with Crippen LogP contribution >= 0.6 is 0 Å². The molecular weight excluding hydrogens is 186 g/mol. The van der Waals surface area contributed by atoms with Gasteiger partial charge in [-0.05, 0) is 49.9 Å². The van der Waals surface area contributed by atoms with Gasteiger partial charge in [-0.1, -0.05) is 0 Å². The molecule has 0 heterocycles. The second-order valence-corrected chi connectivity index (χ2v) is 4.38. The van der Waals surface area contributed by atoms with Crippen molar-refractivity contribution in [1.82, 2.24) is 0 Å². The van der Waals surface area contributed by atoms with E-state index in [-0.39, 0.29) is 0 Å². The van der Waals surface area contributed by atoms with Crippen LogP contribution in [0.1, 0.15) is 25.7 Å². The molecule has 0 amide bonds. The minimum Gasteiger partial charge on any atom is -0.399 e. The molecule has 15 heavy (non-hydrogen) atoms. The maximum absolute atomic E-state index is 5.87. The van der Waals surface area contributed by atoms with E-state index in [1.54, 1.807) is 0 Å². The average Bonchev–Trinajstić information content (AvgIpc) is 2.25. The molecule has 0 unspecified atom stereocenters. The normalized spacial score (nSPS) is 26.2. The number of benzene rings is 1. The summed E-state index contributed by atoms with van der Waals surface area (Å²) in [6.07, 6.45) is 4.61. The molecule has 0 bridgehead atoms. The summed E-state index contributed by atoms with van der Waals surface area (Å²) in [6.45, 7) is 0. The van der Waals surface area contributed by atoms with Gasteiger partial charge in [0, 0.05) is 23.5 Å². The Kier molecular flexibility index (Phi) is 3.11. The molecule has 0 radical (unpaired) electrons. The van der Waals surface area contributed by atoms with Gasteiger partial charge in [0.2, 0.25) is 0 Å². The summed E-state index contributed by atoms with van der Waals surface area (Å²) in [5.74, 6) is 0. The highest BCUT2D eigenvalue weighted by atomic mass is 14.9. The lowest BCUT2D eigenvalue weighted by molar-refractivity contribution is 0.411. The van der Waals surface area contributed by atoms with Gasteiger partial charge >= 0.3 is 0 Å². The first-order valence-corrected chi connectivity index (χ1v) is 5.62. The highest BCUT2D eigenvalue weighted by molar-refractivity contribution is 5.51. The summed E-state index contributed by atoms with van der Waals surface area (Å²) in [7, 11) is 0. The molecule has 1 aliphatic rings. The Morgan fingerprint density at radius 2 is 1.60 bits per heavy atom. The van der Waals surface area contributed by atoms with Gasteiger partial charge in [0.05, 0.1) is 0 Å². The van der Waals surface area contributed by atoms with E-state index in [9.17, 15) is 0 Å². The first-order valence-electron chi connectivity index (χ1n) is 5.62. The van der Waals surface area contributed by atoms with Crippen molar-refractivity contribution in [3.8, 4) is 0 Å². The lowest BCUT2D eigenvalue weighted by atomic mass is 9.92. The van der Waals surface area contributed by atoms with Crippen molar-refractivity contribution in [2.24, 2.45) is 5.73 Å². The molecule has 0 aliphatic heterocycles. The molecule has 3 nitrogen and oxygen atoms in total. The average molecular weight is 205 g/mol. The summed E-state index contributed by atoms with van der Waals surface area (Å²) >= 11 is 0. The zero-order valence-corrected chi connectivity index (χ0v) is 8.95. The quantitative estimate of drug-likeness (QED) is 0.647. The zero-order valence-electron chi connectivity index (χ0n) is 8.95. The van der Waals surface area contributed by atoms with Gasteiger partial charge in [0.25, 0.3) is 0 Å². The van der Waals surface area contributed by atoms with Crippen molar-refractivity contribution in [3.05, 3.63) is 24.3 Å². The number of nitrogens with two attached hydrogens (primary N) is 2. The zero-order chi connectivity index (χ0) is 10.7. The maximum atomic E-state index is 5.87. The molecule has 3 heteroatoms. The molecule has 0 saturated heterocycles. The summed E-state index contributed by atoms with van der Waals surface area (Å²) in [5, 5.41) is 3.52. The molecule has 1 aliphatic carbocycles. The molecule has 1 fully saturated rings. The van der Waals surface area contributed by atoms with Gasteiger partial charge in [-0.25, -0.2) is 0 Å². The fourth-order valence-corrected chi connectivity index (χ4v) is 2.08. The first kappa shape index (κ1) is 10.3. The summed E-state index contributed by atoms with van der Waals surface area (Å²) in [6, 6.07) is 8.91. The van der Waals surface area contributed by atoms with Gasteiger partial charge in [0.1, 0.15) is 0 Å². The minimum absolute atomic E-state index is 0.412. The SMILES string of the molecule is Nc1ccc(NC2CCC(N)CC2)cc1. The Bertz CT molecular complexity index is 299. The highest BCUT2D eigenvalue weighted by Crippen LogP contribution is 2.21. The molecule has 1 aromatic rings. The molecule has 0 aromatic heterocycles. The summed E-state index contributed by atoms with van der Waals surface area (Å²) in [5.41, 5.74) is 13.5. The second kappa shape index (κ2) is 4.53. The fourth-order valence-electron chi connectivity index (χ4n) is 2.08. The Balaban J connectivity index is 1.89.